The summed E-state index contributed by atoms with van der Waals surface area (Å²) in [6.45, 7) is -0.575. The van der Waals surface area contributed by atoms with Crippen LogP contribution in [0.3, 0.4) is 0 Å². The van der Waals surface area contributed by atoms with Gasteiger partial charge in [-0.3, -0.25) is 4.79 Å². The lowest BCUT2D eigenvalue weighted by Crippen LogP contribution is -2.60. The topological polar surface area (TPSA) is 146 Å². The van der Waals surface area contributed by atoms with Crippen LogP contribution in [0.2, 0.25) is 0 Å². The Labute approximate surface area is 144 Å². The van der Waals surface area contributed by atoms with E-state index >= 15 is 0 Å². The first-order valence-corrected chi connectivity index (χ1v) is 7.73. The number of aliphatic hydroxyl groups excluding tert-OH is 4. The van der Waals surface area contributed by atoms with Crippen molar-refractivity contribution in [2.45, 2.75) is 43.5 Å². The monoisotopic (exact) mass is 358 g/mol. The lowest BCUT2D eigenvalue weighted by molar-refractivity contribution is -0.277. The van der Waals surface area contributed by atoms with Gasteiger partial charge in [0, 0.05) is 12.5 Å². The molecule has 0 saturated carbocycles. The van der Waals surface area contributed by atoms with E-state index in [0.717, 1.165) is 0 Å². The quantitative estimate of drug-likeness (QED) is 0.409. The normalized spacial score (nSPS) is 29.2. The molecule has 1 aromatic carbocycles. The first kappa shape index (κ1) is 19.4. The van der Waals surface area contributed by atoms with Gasteiger partial charge >= 0.3 is 5.97 Å². The number of carbonyl (C=O) groups is 1. The molecule has 2 rings (SSSR count). The minimum Gasteiger partial charge on any atom is -0.497 e. The summed E-state index contributed by atoms with van der Waals surface area (Å²) in [6, 6.07) is 4.76. The van der Waals surface area contributed by atoms with E-state index in [-0.39, 0.29) is 18.6 Å². The fraction of sp³-hybridized carbons (Fsp3) is 0.562. The molecule has 0 amide bonds. The maximum Gasteiger partial charge on any atom is 0.303 e. The van der Waals surface area contributed by atoms with Gasteiger partial charge in [-0.15, -0.1) is 0 Å². The number of rotatable bonds is 7. The Bertz CT molecular complexity index is 589. The number of methoxy groups -OCH3 is 1. The molecule has 140 valence electrons. The summed E-state index contributed by atoms with van der Waals surface area (Å²) in [4.78, 5) is 10.8. The molecule has 5 N–H and O–H groups in total. The maximum atomic E-state index is 10.8. The largest absolute Gasteiger partial charge is 0.497 e. The summed E-state index contributed by atoms with van der Waals surface area (Å²) < 4.78 is 16.0. The number of carboxylic acids is 1. The molecule has 0 radical (unpaired) electrons. The zero-order chi connectivity index (χ0) is 18.6. The molecule has 1 unspecified atom stereocenters. The molecule has 0 aromatic heterocycles. The molecule has 9 nitrogen and oxygen atoms in total. The van der Waals surface area contributed by atoms with Gasteiger partial charge in [-0.25, -0.2) is 0 Å². The Morgan fingerprint density at radius 1 is 1.20 bits per heavy atom. The third kappa shape index (κ3) is 4.59. The van der Waals surface area contributed by atoms with E-state index in [9.17, 15) is 25.2 Å². The fourth-order valence-corrected chi connectivity index (χ4v) is 2.51. The minimum atomic E-state index is -1.57. The van der Waals surface area contributed by atoms with E-state index in [2.05, 4.69) is 0 Å². The molecule has 1 aliphatic heterocycles. The molecule has 0 bridgehead atoms. The van der Waals surface area contributed by atoms with Crippen LogP contribution in [0.4, 0.5) is 0 Å². The van der Waals surface area contributed by atoms with E-state index in [1.807, 2.05) is 0 Å². The Morgan fingerprint density at radius 3 is 2.52 bits per heavy atom. The van der Waals surface area contributed by atoms with Crippen LogP contribution >= 0.6 is 0 Å². The van der Waals surface area contributed by atoms with Crippen LogP contribution in [-0.2, 0) is 16.0 Å². The summed E-state index contributed by atoms with van der Waals surface area (Å²) in [6.07, 6.45) is -7.02. The third-order valence-corrected chi connectivity index (χ3v) is 3.97. The number of benzene rings is 1. The van der Waals surface area contributed by atoms with E-state index in [1.54, 1.807) is 12.1 Å². The van der Waals surface area contributed by atoms with Gasteiger partial charge in [0.05, 0.1) is 13.7 Å². The van der Waals surface area contributed by atoms with E-state index in [4.69, 9.17) is 19.3 Å². The third-order valence-electron chi connectivity index (χ3n) is 3.97. The predicted octanol–water partition coefficient (Wildman–Crippen LogP) is -1.11. The molecule has 5 atom stereocenters. The summed E-state index contributed by atoms with van der Waals surface area (Å²) in [5, 5.41) is 47.7. The van der Waals surface area contributed by atoms with Gasteiger partial charge < -0.3 is 39.7 Å². The van der Waals surface area contributed by atoms with E-state index in [0.29, 0.717) is 11.3 Å². The molecule has 25 heavy (non-hydrogen) atoms. The highest BCUT2D eigenvalue weighted by Crippen LogP contribution is 2.30. The molecule has 0 spiro atoms. The van der Waals surface area contributed by atoms with Gasteiger partial charge in [0.25, 0.3) is 0 Å². The van der Waals surface area contributed by atoms with Crippen LogP contribution in [0.15, 0.2) is 18.2 Å². The molecule has 1 fully saturated rings. The highest BCUT2D eigenvalue weighted by Gasteiger charge is 2.44. The number of hydrogen-bond donors (Lipinski definition) is 5. The van der Waals surface area contributed by atoms with Gasteiger partial charge in [-0.1, -0.05) is 6.07 Å². The average molecular weight is 358 g/mol. The standard InChI is InChI=1S/C16H22O9/c1-23-9-4-2-8(3-5-12(18)19)10(6-9)24-16-15(22)14(21)13(20)11(7-17)25-16/h2,4,6,11,13-17,20-22H,3,5,7H2,1H3,(H,18,19)/t11-,13-,14+,15-,16?/m0/s1. The smallest absolute Gasteiger partial charge is 0.303 e. The van der Waals surface area contributed by atoms with Gasteiger partial charge in [-0.05, 0) is 18.1 Å². The van der Waals surface area contributed by atoms with Crippen molar-refractivity contribution in [1.82, 2.24) is 0 Å². The molecular weight excluding hydrogens is 336 g/mol. The Kier molecular flexibility index (Phi) is 6.57. The molecule has 1 aromatic rings. The van der Waals surface area contributed by atoms with Crippen molar-refractivity contribution in [3.63, 3.8) is 0 Å². The van der Waals surface area contributed by atoms with Crippen molar-refractivity contribution in [3.8, 4) is 11.5 Å². The predicted molar refractivity (Wildman–Crippen MR) is 83.3 cm³/mol. The molecule has 1 aliphatic rings. The first-order valence-electron chi connectivity index (χ1n) is 7.73. The molecule has 9 heteroatoms. The second kappa shape index (κ2) is 8.45. The summed E-state index contributed by atoms with van der Waals surface area (Å²) >= 11 is 0. The number of aliphatic carboxylic acids is 1. The van der Waals surface area contributed by atoms with Crippen LogP contribution in [0.1, 0.15) is 12.0 Å². The lowest BCUT2D eigenvalue weighted by Gasteiger charge is -2.39. The van der Waals surface area contributed by atoms with E-state index in [1.165, 1.54) is 13.2 Å². The Morgan fingerprint density at radius 2 is 1.92 bits per heavy atom. The fourth-order valence-electron chi connectivity index (χ4n) is 2.51. The Hall–Kier alpha value is -1.91. The molecule has 0 aliphatic carbocycles. The Balaban J connectivity index is 2.22. The van der Waals surface area contributed by atoms with Gasteiger partial charge in [0.1, 0.15) is 35.9 Å². The van der Waals surface area contributed by atoms with Crippen molar-refractivity contribution < 1.29 is 44.5 Å². The summed E-state index contributed by atoms with van der Waals surface area (Å²) in [5.74, 6) is -0.321. The SMILES string of the molecule is COc1ccc(CCC(=O)O)c(OC2O[C@@H](CO)[C@H](O)[C@@H](O)[C@@H]2O)c1. The van der Waals surface area contributed by atoms with E-state index < -0.39 is 43.3 Å². The number of hydrogen-bond acceptors (Lipinski definition) is 8. The number of aliphatic hydroxyl groups is 4. The van der Waals surface area contributed by atoms with Crippen molar-refractivity contribution in [2.75, 3.05) is 13.7 Å². The summed E-state index contributed by atoms with van der Waals surface area (Å²) in [5.41, 5.74) is 0.542. The maximum absolute atomic E-state index is 10.8. The number of ether oxygens (including phenoxy) is 3. The van der Waals surface area contributed by atoms with Crippen LogP contribution < -0.4 is 9.47 Å². The van der Waals surface area contributed by atoms with Gasteiger partial charge in [0.15, 0.2) is 0 Å². The molecule has 1 heterocycles. The zero-order valence-electron chi connectivity index (χ0n) is 13.6. The summed E-state index contributed by atoms with van der Waals surface area (Å²) in [7, 11) is 1.45. The van der Waals surface area contributed by atoms with Crippen LogP contribution in [0.5, 0.6) is 11.5 Å². The van der Waals surface area contributed by atoms with Crippen molar-refractivity contribution >= 4 is 5.97 Å². The van der Waals surface area contributed by atoms with Crippen LogP contribution in [0, 0.1) is 0 Å². The average Bonchev–Trinajstić information content (AvgIpc) is 2.60. The lowest BCUT2D eigenvalue weighted by atomic mass is 9.99. The van der Waals surface area contributed by atoms with Crippen molar-refractivity contribution in [2.24, 2.45) is 0 Å². The molecule has 1 saturated heterocycles. The first-order chi connectivity index (χ1) is 11.9. The zero-order valence-corrected chi connectivity index (χ0v) is 13.6. The second-order valence-corrected chi connectivity index (χ2v) is 5.68. The van der Waals surface area contributed by atoms with Crippen molar-refractivity contribution in [3.05, 3.63) is 23.8 Å². The highest BCUT2D eigenvalue weighted by molar-refractivity contribution is 5.67. The van der Waals surface area contributed by atoms with Crippen molar-refractivity contribution in [1.29, 1.82) is 0 Å². The van der Waals surface area contributed by atoms with Gasteiger partial charge in [0.2, 0.25) is 6.29 Å². The number of carboxylic acid groups (broad SMARTS) is 1. The second-order valence-electron chi connectivity index (χ2n) is 5.68. The van der Waals surface area contributed by atoms with Gasteiger partial charge in [-0.2, -0.15) is 0 Å². The minimum absolute atomic E-state index is 0.128. The van der Waals surface area contributed by atoms with Crippen LogP contribution in [0.25, 0.3) is 0 Å². The van der Waals surface area contributed by atoms with Crippen LogP contribution in [-0.4, -0.2) is 75.9 Å². The molecular formula is C16H22O9. The number of aryl methyl sites for hydroxylation is 1. The highest BCUT2D eigenvalue weighted by atomic mass is 16.7.